The van der Waals surface area contributed by atoms with E-state index in [0.717, 1.165) is 38.9 Å². The molecule has 1 aliphatic carbocycles. The average molecular weight is 297 g/mol. The Morgan fingerprint density at radius 1 is 1.14 bits per heavy atom. The van der Waals surface area contributed by atoms with Gasteiger partial charge in [-0.3, -0.25) is 0 Å². The van der Waals surface area contributed by atoms with E-state index in [-0.39, 0.29) is 5.60 Å². The molecule has 0 aromatic heterocycles. The topological polar surface area (TPSA) is 30.5 Å². The van der Waals surface area contributed by atoms with Crippen molar-refractivity contribution in [1.29, 1.82) is 0 Å². The predicted molar refractivity (Wildman–Crippen MR) is 87.6 cm³/mol. The number of nitrogens with one attached hydrogen (secondary N) is 1. The molecule has 1 aliphatic heterocycles. The Hall–Kier alpha value is -0.120. The van der Waals surface area contributed by atoms with Gasteiger partial charge >= 0.3 is 0 Å². The standard InChI is InChI=1S/C18H35NO2/c1-6-17(5)15(12-16(17)20-9-4)19-14-10-11-21-18(7-2,8-3)13-14/h14-16,19H,6-13H2,1-5H3. The average Bonchev–Trinajstić information content (AvgIpc) is 2.53. The molecule has 0 aromatic carbocycles. The summed E-state index contributed by atoms with van der Waals surface area (Å²) in [5.41, 5.74) is 0.414. The first-order valence-electron chi connectivity index (χ1n) is 9.05. The first kappa shape index (κ1) is 17.2. The Bertz CT molecular complexity index is 329. The molecule has 2 rings (SSSR count). The third-order valence-corrected chi connectivity index (χ3v) is 6.33. The highest BCUT2D eigenvalue weighted by Gasteiger charge is 2.52. The van der Waals surface area contributed by atoms with Crippen LogP contribution < -0.4 is 5.32 Å². The van der Waals surface area contributed by atoms with Gasteiger partial charge in [-0.25, -0.2) is 0 Å². The smallest absolute Gasteiger partial charge is 0.0692 e. The van der Waals surface area contributed by atoms with E-state index in [2.05, 4.69) is 39.9 Å². The third-order valence-electron chi connectivity index (χ3n) is 6.33. The van der Waals surface area contributed by atoms with Gasteiger partial charge in [0.2, 0.25) is 0 Å². The van der Waals surface area contributed by atoms with Crippen molar-refractivity contribution >= 4 is 0 Å². The van der Waals surface area contributed by atoms with Gasteiger partial charge in [0, 0.05) is 30.7 Å². The lowest BCUT2D eigenvalue weighted by molar-refractivity contribution is -0.139. The maximum atomic E-state index is 6.10. The normalized spacial score (nSPS) is 39.0. The number of hydrogen-bond acceptors (Lipinski definition) is 3. The second kappa shape index (κ2) is 6.97. The summed E-state index contributed by atoms with van der Waals surface area (Å²) in [7, 11) is 0. The monoisotopic (exact) mass is 297 g/mol. The maximum absolute atomic E-state index is 6.10. The van der Waals surface area contributed by atoms with Crippen LogP contribution in [0, 0.1) is 5.41 Å². The Labute approximate surface area is 131 Å². The van der Waals surface area contributed by atoms with Crippen molar-refractivity contribution < 1.29 is 9.47 Å². The zero-order valence-corrected chi connectivity index (χ0v) is 14.7. The summed E-state index contributed by atoms with van der Waals surface area (Å²) in [6, 6.07) is 1.21. The highest BCUT2D eigenvalue weighted by Crippen LogP contribution is 2.46. The first-order valence-corrected chi connectivity index (χ1v) is 9.05. The Morgan fingerprint density at radius 3 is 2.43 bits per heavy atom. The third kappa shape index (κ3) is 3.30. The first-order chi connectivity index (χ1) is 10.0. The molecule has 1 heterocycles. The van der Waals surface area contributed by atoms with E-state index in [1.165, 1.54) is 12.8 Å². The van der Waals surface area contributed by atoms with E-state index in [9.17, 15) is 0 Å². The largest absolute Gasteiger partial charge is 0.378 e. The van der Waals surface area contributed by atoms with Crippen LogP contribution in [0.3, 0.4) is 0 Å². The van der Waals surface area contributed by atoms with Gasteiger partial charge in [0.15, 0.2) is 0 Å². The van der Waals surface area contributed by atoms with Gasteiger partial charge < -0.3 is 14.8 Å². The lowest BCUT2D eigenvalue weighted by Crippen LogP contribution is -2.65. The van der Waals surface area contributed by atoms with Gasteiger partial charge in [-0.2, -0.15) is 0 Å². The molecule has 0 radical (unpaired) electrons. The van der Waals surface area contributed by atoms with Gasteiger partial charge in [-0.15, -0.1) is 0 Å². The van der Waals surface area contributed by atoms with Crippen molar-refractivity contribution in [3.63, 3.8) is 0 Å². The Morgan fingerprint density at radius 2 is 1.86 bits per heavy atom. The van der Waals surface area contributed by atoms with Crippen molar-refractivity contribution in [2.24, 2.45) is 5.41 Å². The van der Waals surface area contributed by atoms with Crippen LogP contribution in [-0.2, 0) is 9.47 Å². The van der Waals surface area contributed by atoms with Crippen molar-refractivity contribution in [3.05, 3.63) is 0 Å². The summed E-state index contributed by atoms with van der Waals surface area (Å²) >= 11 is 0. The molecule has 0 amide bonds. The van der Waals surface area contributed by atoms with E-state index in [1.54, 1.807) is 0 Å². The van der Waals surface area contributed by atoms with Crippen LogP contribution in [0.15, 0.2) is 0 Å². The quantitative estimate of drug-likeness (QED) is 0.773. The molecule has 0 spiro atoms. The second-order valence-electron chi connectivity index (χ2n) is 7.19. The van der Waals surface area contributed by atoms with E-state index < -0.39 is 0 Å². The summed E-state index contributed by atoms with van der Waals surface area (Å²) in [5.74, 6) is 0. The van der Waals surface area contributed by atoms with E-state index in [1.807, 2.05) is 0 Å². The molecule has 4 unspecified atom stereocenters. The highest BCUT2D eigenvalue weighted by molar-refractivity contribution is 5.06. The minimum atomic E-state index is 0.113. The highest BCUT2D eigenvalue weighted by atomic mass is 16.5. The molecule has 1 N–H and O–H groups in total. The lowest BCUT2D eigenvalue weighted by Gasteiger charge is -2.55. The molecule has 1 saturated heterocycles. The summed E-state index contributed by atoms with van der Waals surface area (Å²) in [5, 5.41) is 3.95. The number of rotatable bonds is 7. The molecule has 0 bridgehead atoms. The molecular formula is C18H35NO2. The molecule has 2 aliphatic rings. The molecular weight excluding hydrogens is 262 g/mol. The maximum Gasteiger partial charge on any atom is 0.0692 e. The Kier molecular flexibility index (Phi) is 5.72. The number of hydrogen-bond donors (Lipinski definition) is 1. The van der Waals surface area contributed by atoms with Crippen molar-refractivity contribution in [2.45, 2.75) is 96.9 Å². The van der Waals surface area contributed by atoms with E-state index in [0.29, 0.717) is 23.6 Å². The van der Waals surface area contributed by atoms with Gasteiger partial charge in [0.1, 0.15) is 0 Å². The molecule has 21 heavy (non-hydrogen) atoms. The summed E-state index contributed by atoms with van der Waals surface area (Å²) in [4.78, 5) is 0. The van der Waals surface area contributed by atoms with Crippen LogP contribution >= 0.6 is 0 Å². The Balaban J connectivity index is 1.93. The fourth-order valence-corrected chi connectivity index (χ4v) is 4.21. The summed E-state index contributed by atoms with van der Waals surface area (Å²) in [6.07, 6.45) is 7.35. The van der Waals surface area contributed by atoms with Crippen molar-refractivity contribution in [1.82, 2.24) is 5.32 Å². The second-order valence-corrected chi connectivity index (χ2v) is 7.19. The molecule has 3 nitrogen and oxygen atoms in total. The zero-order valence-electron chi connectivity index (χ0n) is 14.7. The van der Waals surface area contributed by atoms with Crippen LogP contribution in [0.5, 0.6) is 0 Å². The van der Waals surface area contributed by atoms with Crippen LogP contribution in [0.2, 0.25) is 0 Å². The van der Waals surface area contributed by atoms with Gasteiger partial charge in [-0.1, -0.05) is 27.7 Å². The van der Waals surface area contributed by atoms with Crippen LogP contribution in [-0.4, -0.2) is 37.0 Å². The molecule has 0 aromatic rings. The predicted octanol–water partition coefficient (Wildman–Crippen LogP) is 3.91. The van der Waals surface area contributed by atoms with Crippen LogP contribution in [0.4, 0.5) is 0 Å². The van der Waals surface area contributed by atoms with Crippen molar-refractivity contribution in [3.8, 4) is 0 Å². The fourth-order valence-electron chi connectivity index (χ4n) is 4.21. The molecule has 1 saturated carbocycles. The van der Waals surface area contributed by atoms with Gasteiger partial charge in [0.05, 0.1) is 11.7 Å². The molecule has 3 heteroatoms. The fraction of sp³-hybridized carbons (Fsp3) is 1.00. The van der Waals surface area contributed by atoms with Gasteiger partial charge in [-0.05, 0) is 45.4 Å². The molecule has 124 valence electrons. The van der Waals surface area contributed by atoms with Gasteiger partial charge in [0.25, 0.3) is 0 Å². The van der Waals surface area contributed by atoms with E-state index >= 15 is 0 Å². The summed E-state index contributed by atoms with van der Waals surface area (Å²) in [6.45, 7) is 13.1. The zero-order chi connectivity index (χ0) is 15.5. The van der Waals surface area contributed by atoms with E-state index in [4.69, 9.17) is 9.47 Å². The van der Waals surface area contributed by atoms with Crippen molar-refractivity contribution in [2.75, 3.05) is 13.2 Å². The number of ether oxygens (including phenoxy) is 2. The minimum absolute atomic E-state index is 0.113. The van der Waals surface area contributed by atoms with Crippen LogP contribution in [0.25, 0.3) is 0 Å². The SMILES string of the molecule is CCOC1CC(NC2CCOC(CC)(CC)C2)C1(C)CC. The molecule has 2 fully saturated rings. The molecule has 4 atom stereocenters. The summed E-state index contributed by atoms with van der Waals surface area (Å²) < 4.78 is 12.0. The lowest BCUT2D eigenvalue weighted by atomic mass is 9.61. The minimum Gasteiger partial charge on any atom is -0.378 e. The van der Waals surface area contributed by atoms with Crippen LogP contribution in [0.1, 0.15) is 73.1 Å².